The lowest BCUT2D eigenvalue weighted by atomic mass is 9.94. The van der Waals surface area contributed by atoms with Crippen LogP contribution in [0.1, 0.15) is 57.9 Å². The van der Waals surface area contributed by atoms with E-state index in [1.165, 1.54) is 57.6 Å². The van der Waals surface area contributed by atoms with Crippen LogP contribution in [-0.4, -0.2) is 0 Å². The van der Waals surface area contributed by atoms with Crippen molar-refractivity contribution in [3.05, 3.63) is 63.3 Å². The monoisotopic (exact) mass is 430 g/mol. The first-order valence-corrected chi connectivity index (χ1v) is 10.4. The molecule has 0 radical (unpaired) electrons. The maximum absolute atomic E-state index is 2.47. The van der Waals surface area contributed by atoms with Crippen molar-refractivity contribution in [2.45, 2.75) is 52.4 Å². The molecule has 0 nitrogen and oxygen atoms in total. The van der Waals surface area contributed by atoms with Crippen LogP contribution in [0.2, 0.25) is 0 Å². The second-order valence-corrected chi connectivity index (χ2v) is 8.13. The molecule has 0 saturated carbocycles. The third-order valence-corrected chi connectivity index (χ3v) is 6.06. The van der Waals surface area contributed by atoms with Crippen LogP contribution in [0.5, 0.6) is 0 Å². The summed E-state index contributed by atoms with van der Waals surface area (Å²) in [5.41, 5.74) is 4.45. The molecule has 0 saturated heterocycles. The lowest BCUT2D eigenvalue weighted by molar-refractivity contribution is 0.549. The van der Waals surface area contributed by atoms with Crippen LogP contribution in [0.25, 0.3) is 16.3 Å². The molecule has 1 unspecified atom stereocenters. The Bertz CT molecular complexity index is 761. The third kappa shape index (κ3) is 3.93. The standard InChI is InChI=1S/C23H27I/c1-3-4-5-6-9-17(2)19-14-15-20(16-19)21-12-7-10-18-11-8-13-22(24)23(18)21/h7-8,10-14,16-17H,3-6,9,15H2,1-2H3. The van der Waals surface area contributed by atoms with Gasteiger partial charge >= 0.3 is 0 Å². The molecule has 1 atom stereocenters. The Morgan fingerprint density at radius 1 is 1.04 bits per heavy atom. The fourth-order valence-electron chi connectivity index (χ4n) is 3.68. The van der Waals surface area contributed by atoms with E-state index in [0.29, 0.717) is 5.92 Å². The molecular weight excluding hydrogens is 403 g/mol. The molecule has 0 amide bonds. The van der Waals surface area contributed by atoms with E-state index >= 15 is 0 Å². The molecule has 0 bridgehead atoms. The third-order valence-electron chi connectivity index (χ3n) is 5.16. The highest BCUT2D eigenvalue weighted by Crippen LogP contribution is 2.36. The number of allylic oxidation sites excluding steroid dienone is 4. The second kappa shape index (κ2) is 8.33. The predicted octanol–water partition coefficient (Wildman–Crippen LogP) is 7.76. The fourth-order valence-corrected chi connectivity index (χ4v) is 4.49. The van der Waals surface area contributed by atoms with Crippen molar-refractivity contribution in [3.63, 3.8) is 0 Å². The van der Waals surface area contributed by atoms with Gasteiger partial charge in [-0.15, -0.1) is 0 Å². The minimum Gasteiger partial charge on any atom is -0.0766 e. The van der Waals surface area contributed by atoms with E-state index in [1.807, 2.05) is 0 Å². The highest BCUT2D eigenvalue weighted by Gasteiger charge is 2.16. The maximum Gasteiger partial charge on any atom is 0.0214 e. The largest absolute Gasteiger partial charge is 0.0766 e. The molecule has 126 valence electrons. The summed E-state index contributed by atoms with van der Waals surface area (Å²) in [6.07, 6.45) is 12.8. The first-order valence-electron chi connectivity index (χ1n) is 9.29. The first-order chi connectivity index (χ1) is 11.7. The highest BCUT2D eigenvalue weighted by atomic mass is 127. The highest BCUT2D eigenvalue weighted by molar-refractivity contribution is 14.1. The molecule has 24 heavy (non-hydrogen) atoms. The fraction of sp³-hybridized carbons (Fsp3) is 0.391. The number of fused-ring (bicyclic) bond motifs is 1. The molecule has 2 aromatic rings. The Kier molecular flexibility index (Phi) is 6.15. The summed E-state index contributed by atoms with van der Waals surface area (Å²) >= 11 is 2.47. The summed E-state index contributed by atoms with van der Waals surface area (Å²) in [5, 5.41) is 2.76. The Labute approximate surface area is 160 Å². The number of unbranched alkanes of at least 4 members (excludes halogenated alkanes) is 3. The van der Waals surface area contributed by atoms with Crippen LogP contribution < -0.4 is 0 Å². The zero-order valence-corrected chi connectivity index (χ0v) is 17.0. The Morgan fingerprint density at radius 3 is 2.62 bits per heavy atom. The van der Waals surface area contributed by atoms with Crippen molar-refractivity contribution in [2.24, 2.45) is 5.92 Å². The van der Waals surface area contributed by atoms with Crippen LogP contribution in [0.15, 0.2) is 54.1 Å². The van der Waals surface area contributed by atoms with Crippen molar-refractivity contribution in [1.82, 2.24) is 0 Å². The quantitative estimate of drug-likeness (QED) is 0.311. The molecule has 3 rings (SSSR count). The molecule has 1 aliphatic carbocycles. The molecule has 2 aromatic carbocycles. The first kappa shape index (κ1) is 17.7. The van der Waals surface area contributed by atoms with Gasteiger partial charge in [0.1, 0.15) is 0 Å². The van der Waals surface area contributed by atoms with Gasteiger partial charge in [0.25, 0.3) is 0 Å². The zero-order valence-electron chi connectivity index (χ0n) is 14.8. The van der Waals surface area contributed by atoms with Crippen LogP contribution in [0, 0.1) is 9.49 Å². The molecule has 0 N–H and O–H groups in total. The van der Waals surface area contributed by atoms with Gasteiger partial charge in [0.05, 0.1) is 0 Å². The molecule has 0 spiro atoms. The smallest absolute Gasteiger partial charge is 0.0214 e. The summed E-state index contributed by atoms with van der Waals surface area (Å²) in [6.45, 7) is 4.67. The molecule has 0 aromatic heterocycles. The molecule has 0 heterocycles. The van der Waals surface area contributed by atoms with Gasteiger partial charge in [-0.3, -0.25) is 0 Å². The van der Waals surface area contributed by atoms with Gasteiger partial charge < -0.3 is 0 Å². The minimum absolute atomic E-state index is 0.688. The summed E-state index contributed by atoms with van der Waals surface area (Å²) in [7, 11) is 0. The van der Waals surface area contributed by atoms with Gasteiger partial charge in [-0.05, 0) is 69.5 Å². The number of hydrogen-bond acceptors (Lipinski definition) is 0. The van der Waals surface area contributed by atoms with Crippen LogP contribution in [0.3, 0.4) is 0 Å². The van der Waals surface area contributed by atoms with E-state index in [2.05, 4.69) is 85.0 Å². The number of benzene rings is 2. The van der Waals surface area contributed by atoms with Crippen molar-refractivity contribution in [2.75, 3.05) is 0 Å². The Balaban J connectivity index is 1.78. The number of halogens is 1. The van der Waals surface area contributed by atoms with E-state index in [1.54, 1.807) is 5.57 Å². The van der Waals surface area contributed by atoms with Crippen molar-refractivity contribution in [1.29, 1.82) is 0 Å². The van der Waals surface area contributed by atoms with E-state index < -0.39 is 0 Å². The van der Waals surface area contributed by atoms with E-state index in [4.69, 9.17) is 0 Å². The second-order valence-electron chi connectivity index (χ2n) is 6.97. The normalized spacial score (nSPS) is 15.5. The molecule has 0 fully saturated rings. The number of hydrogen-bond donors (Lipinski definition) is 0. The lowest BCUT2D eigenvalue weighted by Crippen LogP contribution is -1.96. The van der Waals surface area contributed by atoms with Gasteiger partial charge in [0.2, 0.25) is 0 Å². The van der Waals surface area contributed by atoms with E-state index in [-0.39, 0.29) is 0 Å². The van der Waals surface area contributed by atoms with Crippen molar-refractivity contribution >= 4 is 38.9 Å². The summed E-state index contributed by atoms with van der Waals surface area (Å²) in [5.74, 6) is 0.688. The van der Waals surface area contributed by atoms with Crippen LogP contribution >= 0.6 is 22.6 Å². The predicted molar refractivity (Wildman–Crippen MR) is 115 cm³/mol. The maximum atomic E-state index is 2.47. The van der Waals surface area contributed by atoms with Gasteiger partial charge in [-0.1, -0.05) is 82.0 Å². The van der Waals surface area contributed by atoms with E-state index in [0.717, 1.165) is 6.42 Å². The Hall–Kier alpha value is -1.09. The Morgan fingerprint density at radius 2 is 1.83 bits per heavy atom. The van der Waals surface area contributed by atoms with Gasteiger partial charge in [-0.2, -0.15) is 0 Å². The van der Waals surface area contributed by atoms with Crippen LogP contribution in [0.4, 0.5) is 0 Å². The zero-order chi connectivity index (χ0) is 16.9. The van der Waals surface area contributed by atoms with Crippen molar-refractivity contribution < 1.29 is 0 Å². The number of rotatable bonds is 7. The molecule has 1 aliphatic rings. The van der Waals surface area contributed by atoms with Crippen molar-refractivity contribution in [3.8, 4) is 0 Å². The van der Waals surface area contributed by atoms with Gasteiger partial charge in [0, 0.05) is 8.96 Å². The van der Waals surface area contributed by atoms with Crippen LogP contribution in [-0.2, 0) is 0 Å². The van der Waals surface area contributed by atoms with E-state index in [9.17, 15) is 0 Å². The lowest BCUT2D eigenvalue weighted by Gasteiger charge is -2.12. The van der Waals surface area contributed by atoms with Gasteiger partial charge in [-0.25, -0.2) is 0 Å². The average Bonchev–Trinajstić information content (AvgIpc) is 3.08. The summed E-state index contributed by atoms with van der Waals surface area (Å²) in [6, 6.07) is 13.3. The van der Waals surface area contributed by atoms with Gasteiger partial charge in [0.15, 0.2) is 0 Å². The SMILES string of the molecule is CCCCCCC(C)C1=CCC(c2cccc3cccc(I)c23)=C1. The molecule has 1 heteroatoms. The molecular formula is C23H27I. The average molecular weight is 430 g/mol. The summed E-state index contributed by atoms with van der Waals surface area (Å²) in [4.78, 5) is 0. The summed E-state index contributed by atoms with van der Waals surface area (Å²) < 4.78 is 1.35. The molecule has 0 aliphatic heterocycles. The minimum atomic E-state index is 0.688. The topological polar surface area (TPSA) is 0 Å².